The number of hydrogen-bond donors (Lipinski definition) is 5. The monoisotopic (exact) mass is 698 g/mol. The molecule has 1 aliphatic carbocycles. The lowest BCUT2D eigenvalue weighted by molar-refractivity contribution is -0.130. The normalized spacial score (nSPS) is 16.5. The zero-order valence-corrected chi connectivity index (χ0v) is 29.5. The van der Waals surface area contributed by atoms with Crippen LogP contribution in [0.25, 0.3) is 22.5 Å². The molecule has 0 aliphatic heterocycles. The van der Waals surface area contributed by atoms with Gasteiger partial charge in [0.05, 0.1) is 0 Å². The summed E-state index contributed by atoms with van der Waals surface area (Å²) in [5.74, 6) is 0.169. The van der Waals surface area contributed by atoms with Crippen LogP contribution in [0.3, 0.4) is 0 Å². The second-order valence-corrected chi connectivity index (χ2v) is 13.2. The van der Waals surface area contributed by atoms with Crippen LogP contribution in [0.15, 0.2) is 72.8 Å². The molecule has 1 saturated carbocycles. The number of aromatic nitrogens is 3. The Labute approximate surface area is 298 Å². The van der Waals surface area contributed by atoms with Gasteiger partial charge in [0.25, 0.3) is 5.91 Å². The summed E-state index contributed by atoms with van der Waals surface area (Å²) < 4.78 is 0. The number of anilines is 1. The van der Waals surface area contributed by atoms with Crippen LogP contribution in [0.1, 0.15) is 55.5 Å². The topological polar surface area (TPSA) is 158 Å². The summed E-state index contributed by atoms with van der Waals surface area (Å²) in [7, 11) is 0. The average Bonchev–Trinajstić information content (AvgIpc) is 3.59. The van der Waals surface area contributed by atoms with Crippen LogP contribution in [0, 0.1) is 11.8 Å². The Morgan fingerprint density at radius 3 is 2.30 bits per heavy atom. The molecular weight excluding hydrogens is 652 g/mol. The standard InChI is InChI=1S/C38H47ClN8O3/c1-3-47(4-2)20-19-41-35(48)31-10-6-9-30(23-31)29-8-5-7-26(21-29)22-33(43-36(49)28-13-11-25(24-40)12-14-28)37(50)42-32-17-15-27(16-18-32)34-44-38(39)46-45-34/h5-10,15-18,21,23,25,28,33H,3-4,11-14,19-20,22,24,40H2,1-2H3,(H,41,48)(H,42,50)(H,43,49)(H,44,45,46). The van der Waals surface area contributed by atoms with Crippen molar-refractivity contribution in [1.29, 1.82) is 0 Å². The number of H-pyrrole nitrogens is 1. The number of carbonyl (C=O) groups is 3. The van der Waals surface area contributed by atoms with E-state index in [-0.39, 0.29) is 35.3 Å². The molecule has 1 unspecified atom stereocenters. The van der Waals surface area contributed by atoms with Crippen molar-refractivity contribution in [2.45, 2.75) is 52.0 Å². The number of aromatic amines is 1. The summed E-state index contributed by atoms with van der Waals surface area (Å²) in [6.45, 7) is 8.09. The van der Waals surface area contributed by atoms with Gasteiger partial charge >= 0.3 is 0 Å². The highest BCUT2D eigenvalue weighted by Gasteiger charge is 2.29. The van der Waals surface area contributed by atoms with E-state index in [4.69, 9.17) is 17.3 Å². The molecular formula is C38H47ClN8O3. The molecule has 1 aromatic heterocycles. The summed E-state index contributed by atoms with van der Waals surface area (Å²) in [6, 6.07) is 21.7. The van der Waals surface area contributed by atoms with Crippen LogP contribution in [-0.4, -0.2) is 76.6 Å². The Morgan fingerprint density at radius 2 is 1.64 bits per heavy atom. The zero-order valence-electron chi connectivity index (χ0n) is 28.8. The minimum atomic E-state index is -0.820. The fourth-order valence-electron chi connectivity index (χ4n) is 6.39. The van der Waals surface area contributed by atoms with Crippen molar-refractivity contribution in [1.82, 2.24) is 30.7 Å². The first-order valence-electron chi connectivity index (χ1n) is 17.5. The smallest absolute Gasteiger partial charge is 0.251 e. The number of carbonyl (C=O) groups excluding carboxylic acids is 3. The number of halogens is 1. The van der Waals surface area contributed by atoms with E-state index in [0.717, 1.165) is 67.6 Å². The van der Waals surface area contributed by atoms with Crippen LogP contribution in [0.4, 0.5) is 5.69 Å². The molecule has 50 heavy (non-hydrogen) atoms. The summed E-state index contributed by atoms with van der Waals surface area (Å²) >= 11 is 5.88. The lowest BCUT2D eigenvalue weighted by Crippen LogP contribution is -2.48. The molecule has 11 nitrogen and oxygen atoms in total. The zero-order chi connectivity index (χ0) is 35.5. The molecule has 0 radical (unpaired) electrons. The quantitative estimate of drug-likeness (QED) is 0.113. The predicted octanol–water partition coefficient (Wildman–Crippen LogP) is 5.29. The number of rotatable bonds is 15. The highest BCUT2D eigenvalue weighted by atomic mass is 35.5. The maximum absolute atomic E-state index is 13.8. The third kappa shape index (κ3) is 9.99. The van der Waals surface area contributed by atoms with Gasteiger partial charge in [-0.1, -0.05) is 50.2 Å². The summed E-state index contributed by atoms with van der Waals surface area (Å²) in [5.41, 5.74) is 10.4. The molecule has 4 aromatic rings. The van der Waals surface area contributed by atoms with E-state index < -0.39 is 6.04 Å². The molecule has 5 rings (SSSR count). The molecule has 1 fully saturated rings. The second-order valence-electron chi connectivity index (χ2n) is 12.8. The van der Waals surface area contributed by atoms with E-state index in [2.05, 4.69) is 49.9 Å². The van der Waals surface area contributed by atoms with Crippen molar-refractivity contribution >= 4 is 35.0 Å². The van der Waals surface area contributed by atoms with Crippen molar-refractivity contribution in [3.05, 3.63) is 89.2 Å². The molecule has 1 aliphatic rings. The van der Waals surface area contributed by atoms with E-state index in [1.54, 1.807) is 24.3 Å². The lowest BCUT2D eigenvalue weighted by Gasteiger charge is -2.28. The Kier molecular flexibility index (Phi) is 13.1. The fraction of sp³-hybridized carbons (Fsp3) is 0.395. The minimum Gasteiger partial charge on any atom is -0.351 e. The third-order valence-electron chi connectivity index (χ3n) is 9.49. The van der Waals surface area contributed by atoms with E-state index in [1.807, 2.05) is 48.5 Å². The van der Waals surface area contributed by atoms with Gasteiger partial charge in [-0.25, -0.2) is 5.10 Å². The molecule has 0 saturated heterocycles. The second kappa shape index (κ2) is 17.9. The largest absolute Gasteiger partial charge is 0.351 e. The van der Waals surface area contributed by atoms with Gasteiger partial charge in [0.15, 0.2) is 5.82 Å². The van der Waals surface area contributed by atoms with Gasteiger partial charge < -0.3 is 26.6 Å². The van der Waals surface area contributed by atoms with Crippen molar-refractivity contribution in [2.75, 3.05) is 38.0 Å². The van der Waals surface area contributed by atoms with Crippen LogP contribution in [0.5, 0.6) is 0 Å². The molecule has 0 spiro atoms. The molecule has 1 heterocycles. The molecule has 6 N–H and O–H groups in total. The van der Waals surface area contributed by atoms with E-state index in [9.17, 15) is 14.4 Å². The van der Waals surface area contributed by atoms with E-state index in [0.29, 0.717) is 36.1 Å². The first kappa shape index (κ1) is 36.7. The van der Waals surface area contributed by atoms with Gasteiger partial charge in [-0.15, -0.1) is 0 Å². The Hall–Kier alpha value is -4.58. The lowest BCUT2D eigenvalue weighted by atomic mass is 9.81. The fourth-order valence-corrected chi connectivity index (χ4v) is 6.51. The van der Waals surface area contributed by atoms with Gasteiger partial charge in [0, 0.05) is 42.2 Å². The van der Waals surface area contributed by atoms with Gasteiger partial charge in [0.1, 0.15) is 6.04 Å². The number of amides is 3. The van der Waals surface area contributed by atoms with Crippen molar-refractivity contribution in [3.8, 4) is 22.5 Å². The number of nitrogens with one attached hydrogen (secondary N) is 4. The van der Waals surface area contributed by atoms with Crippen LogP contribution in [-0.2, 0) is 16.0 Å². The number of benzene rings is 3. The maximum atomic E-state index is 13.8. The first-order chi connectivity index (χ1) is 24.3. The SMILES string of the molecule is CCN(CC)CCNC(=O)c1cccc(-c2cccc(CC(NC(=O)C3CCC(CN)CC3)C(=O)Nc3ccc(-c4n[nH]c(Cl)n4)cc3)c2)c1. The molecule has 12 heteroatoms. The van der Waals surface area contributed by atoms with Crippen LogP contribution < -0.4 is 21.7 Å². The van der Waals surface area contributed by atoms with Gasteiger partial charge in [-0.3, -0.25) is 14.4 Å². The average molecular weight is 699 g/mol. The number of hydrogen-bond acceptors (Lipinski definition) is 7. The number of likely N-dealkylation sites (N-methyl/N-ethyl adjacent to an activating group) is 1. The first-order valence-corrected chi connectivity index (χ1v) is 17.8. The van der Waals surface area contributed by atoms with Crippen molar-refractivity contribution in [3.63, 3.8) is 0 Å². The van der Waals surface area contributed by atoms with Crippen LogP contribution >= 0.6 is 11.6 Å². The highest BCUT2D eigenvalue weighted by molar-refractivity contribution is 6.28. The summed E-state index contributed by atoms with van der Waals surface area (Å²) in [4.78, 5) is 46.6. The van der Waals surface area contributed by atoms with Crippen molar-refractivity contribution < 1.29 is 14.4 Å². The minimum absolute atomic E-state index is 0.117. The number of nitrogens with two attached hydrogens (primary N) is 1. The van der Waals surface area contributed by atoms with Gasteiger partial charge in [0.2, 0.25) is 17.1 Å². The number of nitrogens with zero attached hydrogens (tertiary/aromatic N) is 3. The van der Waals surface area contributed by atoms with Gasteiger partial charge in [-0.05, 0) is 116 Å². The molecule has 1 atom stereocenters. The molecule has 0 bridgehead atoms. The van der Waals surface area contributed by atoms with E-state index in [1.165, 1.54) is 0 Å². The molecule has 3 amide bonds. The third-order valence-corrected chi connectivity index (χ3v) is 9.65. The molecule has 3 aromatic carbocycles. The van der Waals surface area contributed by atoms with E-state index >= 15 is 0 Å². The Morgan fingerprint density at radius 1 is 0.940 bits per heavy atom. The highest BCUT2D eigenvalue weighted by Crippen LogP contribution is 2.29. The summed E-state index contributed by atoms with van der Waals surface area (Å²) in [6.07, 6.45) is 3.60. The summed E-state index contributed by atoms with van der Waals surface area (Å²) in [5, 5.41) is 15.9. The predicted molar refractivity (Wildman–Crippen MR) is 198 cm³/mol. The van der Waals surface area contributed by atoms with Gasteiger partial charge in [-0.2, -0.15) is 10.1 Å². The Bertz CT molecular complexity index is 1730. The Balaban J connectivity index is 1.30. The van der Waals surface area contributed by atoms with Crippen LogP contribution in [0.2, 0.25) is 5.28 Å². The molecule has 264 valence electrons. The maximum Gasteiger partial charge on any atom is 0.251 e. The van der Waals surface area contributed by atoms with Crippen molar-refractivity contribution in [2.24, 2.45) is 17.6 Å².